The maximum absolute atomic E-state index is 12.6. The Morgan fingerprint density at radius 3 is 2.58 bits per heavy atom. The van der Waals surface area contributed by atoms with Gasteiger partial charge in [-0.05, 0) is 48.9 Å². The molecule has 4 rings (SSSR count). The summed E-state index contributed by atoms with van der Waals surface area (Å²) in [6.07, 6.45) is 0. The zero-order valence-electron chi connectivity index (χ0n) is 18.5. The zero-order chi connectivity index (χ0) is 23.0. The highest BCUT2D eigenvalue weighted by Crippen LogP contribution is 2.25. The normalized spacial score (nSPS) is 10.6. The summed E-state index contributed by atoms with van der Waals surface area (Å²) < 4.78 is 7.28. The number of ether oxygens (including phenoxy) is 1. The highest BCUT2D eigenvalue weighted by atomic mass is 32.2. The van der Waals surface area contributed by atoms with Crippen molar-refractivity contribution in [1.82, 2.24) is 14.8 Å². The topological polar surface area (TPSA) is 81.1 Å². The van der Waals surface area contributed by atoms with Crippen LogP contribution in [-0.4, -0.2) is 33.5 Å². The van der Waals surface area contributed by atoms with Crippen LogP contribution >= 0.6 is 11.8 Å². The molecule has 0 aliphatic heterocycles. The largest absolute Gasteiger partial charge is 0.495 e. The van der Waals surface area contributed by atoms with Gasteiger partial charge in [0, 0.05) is 11.4 Å². The van der Waals surface area contributed by atoms with Crippen LogP contribution < -0.4 is 15.4 Å². The molecule has 7 nitrogen and oxygen atoms in total. The number of nitrogens with one attached hydrogen (secondary N) is 2. The van der Waals surface area contributed by atoms with Crippen LogP contribution in [0.4, 0.5) is 11.4 Å². The number of anilines is 2. The predicted octanol–water partition coefficient (Wildman–Crippen LogP) is 4.93. The molecular weight excluding hydrogens is 434 g/mol. The second-order valence-electron chi connectivity index (χ2n) is 7.33. The Bertz CT molecular complexity index is 1230. The molecule has 0 bridgehead atoms. The number of hydrogen-bond acceptors (Lipinski definition) is 6. The maximum Gasteiger partial charge on any atom is 0.234 e. The number of nitrogens with zero attached hydrogens (tertiary/aromatic N) is 3. The lowest BCUT2D eigenvalue weighted by Gasteiger charge is -2.12. The Hall–Kier alpha value is -3.78. The van der Waals surface area contributed by atoms with E-state index in [9.17, 15) is 4.79 Å². The van der Waals surface area contributed by atoms with Crippen molar-refractivity contribution in [2.45, 2.75) is 18.6 Å². The maximum atomic E-state index is 12.6. The smallest absolute Gasteiger partial charge is 0.234 e. The van der Waals surface area contributed by atoms with Gasteiger partial charge in [-0.3, -0.25) is 9.36 Å². The van der Waals surface area contributed by atoms with Crippen molar-refractivity contribution in [3.63, 3.8) is 0 Å². The third-order valence-electron chi connectivity index (χ3n) is 4.90. The molecule has 0 unspecified atom stereocenters. The predicted molar refractivity (Wildman–Crippen MR) is 132 cm³/mol. The molecule has 0 atom stereocenters. The lowest BCUT2D eigenvalue weighted by atomic mass is 10.2. The third-order valence-corrected chi connectivity index (χ3v) is 5.83. The number of methoxy groups -OCH3 is 1. The van der Waals surface area contributed by atoms with Crippen LogP contribution in [0.15, 0.2) is 84.0 Å². The van der Waals surface area contributed by atoms with Crippen molar-refractivity contribution in [2.24, 2.45) is 0 Å². The summed E-state index contributed by atoms with van der Waals surface area (Å²) in [6.45, 7) is 2.56. The van der Waals surface area contributed by atoms with Gasteiger partial charge in [-0.2, -0.15) is 0 Å². The number of thioether (sulfide) groups is 1. The molecule has 0 saturated heterocycles. The number of hydrogen-bond donors (Lipinski definition) is 2. The van der Waals surface area contributed by atoms with E-state index < -0.39 is 0 Å². The zero-order valence-corrected chi connectivity index (χ0v) is 19.3. The van der Waals surface area contributed by atoms with Crippen molar-refractivity contribution < 1.29 is 9.53 Å². The SMILES string of the molecule is COc1ccccc1NC(=O)CSc1nnc(CNc2cccc(C)c2)n1-c1ccccc1. The van der Waals surface area contributed by atoms with Gasteiger partial charge in [0.1, 0.15) is 5.75 Å². The molecule has 0 radical (unpaired) electrons. The summed E-state index contributed by atoms with van der Waals surface area (Å²) in [5.74, 6) is 1.42. The molecule has 1 aromatic heterocycles. The second kappa shape index (κ2) is 10.7. The molecular formula is C25H25N5O2S. The fourth-order valence-electron chi connectivity index (χ4n) is 3.35. The lowest BCUT2D eigenvalue weighted by Crippen LogP contribution is -2.15. The highest BCUT2D eigenvalue weighted by molar-refractivity contribution is 7.99. The fraction of sp³-hybridized carbons (Fsp3) is 0.160. The van der Waals surface area contributed by atoms with Crippen LogP contribution in [0.1, 0.15) is 11.4 Å². The van der Waals surface area contributed by atoms with Gasteiger partial charge >= 0.3 is 0 Å². The third kappa shape index (κ3) is 5.72. The molecule has 1 amide bonds. The van der Waals surface area contributed by atoms with Gasteiger partial charge in [0.05, 0.1) is 25.1 Å². The summed E-state index contributed by atoms with van der Waals surface area (Å²) in [7, 11) is 1.58. The lowest BCUT2D eigenvalue weighted by molar-refractivity contribution is -0.113. The molecule has 3 aromatic carbocycles. The van der Waals surface area contributed by atoms with Crippen molar-refractivity contribution in [2.75, 3.05) is 23.5 Å². The minimum Gasteiger partial charge on any atom is -0.495 e. The summed E-state index contributed by atoms with van der Waals surface area (Å²) in [5, 5.41) is 15.7. The molecule has 8 heteroatoms. The van der Waals surface area contributed by atoms with Crippen molar-refractivity contribution in [3.05, 3.63) is 90.3 Å². The van der Waals surface area contributed by atoms with Gasteiger partial charge in [-0.15, -0.1) is 10.2 Å². The number of benzene rings is 3. The molecule has 168 valence electrons. The van der Waals surface area contributed by atoms with E-state index in [0.29, 0.717) is 23.1 Å². The first kappa shape index (κ1) is 22.4. The van der Waals surface area contributed by atoms with E-state index in [0.717, 1.165) is 17.2 Å². The van der Waals surface area contributed by atoms with Crippen molar-refractivity contribution in [3.8, 4) is 11.4 Å². The Morgan fingerprint density at radius 2 is 1.79 bits per heavy atom. The molecule has 0 aliphatic carbocycles. The Kier molecular flexibility index (Phi) is 7.26. The summed E-state index contributed by atoms with van der Waals surface area (Å²) in [6, 6.07) is 25.4. The van der Waals surface area contributed by atoms with Crippen LogP contribution in [-0.2, 0) is 11.3 Å². The van der Waals surface area contributed by atoms with Gasteiger partial charge in [0.25, 0.3) is 0 Å². The number of para-hydroxylation sites is 3. The Balaban J connectivity index is 1.50. The first-order valence-corrected chi connectivity index (χ1v) is 11.5. The molecule has 0 fully saturated rings. The van der Waals surface area contributed by atoms with E-state index >= 15 is 0 Å². The van der Waals surface area contributed by atoms with Crippen molar-refractivity contribution >= 4 is 29.0 Å². The second-order valence-corrected chi connectivity index (χ2v) is 8.27. The van der Waals surface area contributed by atoms with Crippen LogP contribution in [0.2, 0.25) is 0 Å². The monoisotopic (exact) mass is 459 g/mol. The van der Waals surface area contributed by atoms with Crippen LogP contribution in [0.25, 0.3) is 5.69 Å². The van der Waals surface area contributed by atoms with E-state index in [1.807, 2.05) is 71.3 Å². The quantitative estimate of drug-likeness (QED) is 0.346. The minimum atomic E-state index is -0.147. The first-order valence-electron chi connectivity index (χ1n) is 10.5. The van der Waals surface area contributed by atoms with E-state index in [1.54, 1.807) is 7.11 Å². The van der Waals surface area contributed by atoms with Crippen LogP contribution in [0.5, 0.6) is 5.75 Å². The minimum absolute atomic E-state index is 0.147. The van der Waals surface area contributed by atoms with E-state index in [-0.39, 0.29) is 11.7 Å². The summed E-state index contributed by atoms with van der Waals surface area (Å²) >= 11 is 1.34. The van der Waals surface area contributed by atoms with E-state index in [4.69, 9.17) is 4.74 Å². The number of rotatable bonds is 9. The molecule has 0 aliphatic rings. The van der Waals surface area contributed by atoms with Gasteiger partial charge < -0.3 is 15.4 Å². The summed E-state index contributed by atoms with van der Waals surface area (Å²) in [4.78, 5) is 12.6. The molecule has 0 spiro atoms. The standard InChI is InChI=1S/C25H25N5O2S/c1-18-9-8-10-19(15-18)26-16-23-28-29-25(30(23)20-11-4-3-5-12-20)33-17-24(31)27-21-13-6-7-14-22(21)32-2/h3-15,26H,16-17H2,1-2H3,(H,27,31). The molecule has 2 N–H and O–H groups in total. The fourth-order valence-corrected chi connectivity index (χ4v) is 4.12. The molecule has 33 heavy (non-hydrogen) atoms. The van der Waals surface area contributed by atoms with Gasteiger partial charge in [0.15, 0.2) is 11.0 Å². The Labute approximate surface area is 197 Å². The Morgan fingerprint density at radius 1 is 1.00 bits per heavy atom. The number of amides is 1. The van der Waals surface area contributed by atoms with Gasteiger partial charge in [-0.1, -0.05) is 54.2 Å². The average molecular weight is 460 g/mol. The average Bonchev–Trinajstić information content (AvgIpc) is 3.25. The molecule has 1 heterocycles. The number of aryl methyl sites for hydroxylation is 1. The number of carbonyl (C=O) groups excluding carboxylic acids is 1. The van der Waals surface area contributed by atoms with Crippen LogP contribution in [0, 0.1) is 6.92 Å². The van der Waals surface area contributed by atoms with E-state index in [1.165, 1.54) is 17.3 Å². The van der Waals surface area contributed by atoms with Gasteiger partial charge in [-0.25, -0.2) is 0 Å². The first-order chi connectivity index (χ1) is 16.1. The van der Waals surface area contributed by atoms with Gasteiger partial charge in [0.2, 0.25) is 5.91 Å². The van der Waals surface area contributed by atoms with E-state index in [2.05, 4.69) is 39.9 Å². The summed E-state index contributed by atoms with van der Waals surface area (Å²) in [5.41, 5.74) is 3.78. The molecule has 0 saturated carbocycles. The number of carbonyl (C=O) groups is 1. The van der Waals surface area contributed by atoms with Crippen molar-refractivity contribution in [1.29, 1.82) is 0 Å². The number of aromatic nitrogens is 3. The molecule has 4 aromatic rings. The van der Waals surface area contributed by atoms with Crippen LogP contribution in [0.3, 0.4) is 0 Å². The highest BCUT2D eigenvalue weighted by Gasteiger charge is 2.16.